The highest BCUT2D eigenvalue weighted by Crippen LogP contribution is 2.14. The molecule has 2 N–H and O–H groups in total. The van der Waals surface area contributed by atoms with Crippen LogP contribution in [0, 0.1) is 11.6 Å². The van der Waals surface area contributed by atoms with Crippen molar-refractivity contribution in [2.75, 3.05) is 19.8 Å². The van der Waals surface area contributed by atoms with Crippen molar-refractivity contribution in [2.24, 2.45) is 4.99 Å². The van der Waals surface area contributed by atoms with Crippen LogP contribution in [0.5, 0.6) is 0 Å². The molecule has 0 fully saturated rings. The number of sulfone groups is 1. The van der Waals surface area contributed by atoms with Gasteiger partial charge in [0.05, 0.1) is 5.75 Å². The van der Waals surface area contributed by atoms with Gasteiger partial charge < -0.3 is 10.6 Å². The molecule has 0 amide bonds. The maximum atomic E-state index is 13.6. The molecule has 0 unspecified atom stereocenters. The molecule has 0 radical (unpaired) electrons. The normalized spacial score (nSPS) is 11.6. The minimum absolute atomic E-state index is 0. The van der Waals surface area contributed by atoms with Gasteiger partial charge in [-0.25, -0.2) is 17.2 Å². The summed E-state index contributed by atoms with van der Waals surface area (Å²) in [6.07, 6.45) is 1.75. The van der Waals surface area contributed by atoms with E-state index in [9.17, 15) is 17.2 Å². The predicted octanol–water partition coefficient (Wildman–Crippen LogP) is 3.04. The third-order valence-electron chi connectivity index (χ3n) is 3.85. The summed E-state index contributed by atoms with van der Waals surface area (Å²) in [6, 6.07) is 10.4. The van der Waals surface area contributed by atoms with Gasteiger partial charge in [0.25, 0.3) is 0 Å². The Morgan fingerprint density at radius 1 is 1.04 bits per heavy atom. The van der Waals surface area contributed by atoms with Crippen LogP contribution in [-0.4, -0.2) is 34.2 Å². The summed E-state index contributed by atoms with van der Waals surface area (Å²) in [6.45, 7) is 0.755. The van der Waals surface area contributed by atoms with E-state index in [1.807, 2.05) is 6.07 Å². The molecule has 0 bridgehead atoms. The Balaban J connectivity index is 0.00000392. The number of guanidine groups is 1. The van der Waals surface area contributed by atoms with Crippen molar-refractivity contribution in [1.82, 2.24) is 10.6 Å². The van der Waals surface area contributed by atoms with Gasteiger partial charge in [-0.1, -0.05) is 18.2 Å². The molecule has 2 aromatic rings. The highest BCUT2D eigenvalue weighted by Gasteiger charge is 2.11. The number of nitrogens with zero attached hydrogens (tertiary/aromatic N) is 1. The number of hydrogen-bond donors (Lipinski definition) is 2. The summed E-state index contributed by atoms with van der Waals surface area (Å²) in [5.74, 6) is -0.380. The summed E-state index contributed by atoms with van der Waals surface area (Å²) >= 11 is 0. The summed E-state index contributed by atoms with van der Waals surface area (Å²) in [5.41, 5.74) is 1.95. The molecule has 9 heteroatoms. The SMILES string of the molecule is CN=C(NCCc1cccc(F)c1)NCc1cc(F)ccc1CS(C)(=O)=O.I. The highest BCUT2D eigenvalue weighted by atomic mass is 127. The molecule has 0 aliphatic heterocycles. The lowest BCUT2D eigenvalue weighted by atomic mass is 10.1. The summed E-state index contributed by atoms with van der Waals surface area (Å²) in [4.78, 5) is 4.09. The van der Waals surface area contributed by atoms with Gasteiger partial charge in [0.15, 0.2) is 15.8 Å². The van der Waals surface area contributed by atoms with E-state index in [2.05, 4.69) is 15.6 Å². The topological polar surface area (TPSA) is 70.6 Å². The van der Waals surface area contributed by atoms with Crippen molar-refractivity contribution in [1.29, 1.82) is 0 Å². The Morgan fingerprint density at radius 3 is 2.39 bits per heavy atom. The molecular weight excluding hydrogens is 499 g/mol. The quantitative estimate of drug-likeness (QED) is 0.333. The van der Waals surface area contributed by atoms with Crippen LogP contribution in [0.4, 0.5) is 8.78 Å². The van der Waals surface area contributed by atoms with Gasteiger partial charge in [0, 0.05) is 26.4 Å². The van der Waals surface area contributed by atoms with Crippen LogP contribution in [0.25, 0.3) is 0 Å². The van der Waals surface area contributed by atoms with Crippen molar-refractivity contribution < 1.29 is 17.2 Å². The first-order chi connectivity index (χ1) is 12.8. The van der Waals surface area contributed by atoms with E-state index in [0.29, 0.717) is 30.1 Å². The van der Waals surface area contributed by atoms with Gasteiger partial charge in [-0.3, -0.25) is 4.99 Å². The lowest BCUT2D eigenvalue weighted by Gasteiger charge is -2.14. The van der Waals surface area contributed by atoms with Gasteiger partial charge in [-0.2, -0.15) is 0 Å². The minimum atomic E-state index is -3.23. The predicted molar refractivity (Wildman–Crippen MR) is 119 cm³/mol. The van der Waals surface area contributed by atoms with E-state index in [0.717, 1.165) is 11.8 Å². The van der Waals surface area contributed by atoms with Crippen molar-refractivity contribution in [3.63, 3.8) is 0 Å². The van der Waals surface area contributed by atoms with Crippen LogP contribution in [0.15, 0.2) is 47.5 Å². The van der Waals surface area contributed by atoms with Gasteiger partial charge in [0.2, 0.25) is 0 Å². The Labute approximate surface area is 181 Å². The molecule has 0 atom stereocenters. The van der Waals surface area contributed by atoms with Crippen LogP contribution in [0.1, 0.15) is 16.7 Å². The average molecular weight is 523 g/mol. The Morgan fingerprint density at radius 2 is 1.75 bits per heavy atom. The van der Waals surface area contributed by atoms with Crippen molar-refractivity contribution in [2.45, 2.75) is 18.7 Å². The molecule has 0 heterocycles. The molecule has 0 saturated heterocycles. The average Bonchev–Trinajstić information content (AvgIpc) is 2.59. The standard InChI is InChI=1S/C19H23F2N3O2S.HI/c1-22-19(23-9-8-14-4-3-5-17(20)10-14)24-12-16-11-18(21)7-6-15(16)13-27(2,25)26;/h3-7,10-11H,8-9,12-13H2,1-2H3,(H2,22,23,24);1H. The second-order valence-electron chi connectivity index (χ2n) is 6.22. The summed E-state index contributed by atoms with van der Waals surface area (Å²) in [5, 5.41) is 6.13. The zero-order valence-corrected chi connectivity index (χ0v) is 18.9. The number of hydrogen-bond acceptors (Lipinski definition) is 3. The van der Waals surface area contributed by atoms with E-state index >= 15 is 0 Å². The minimum Gasteiger partial charge on any atom is -0.356 e. The van der Waals surface area contributed by atoms with E-state index in [4.69, 9.17) is 0 Å². The molecule has 0 aliphatic carbocycles. The first-order valence-corrected chi connectivity index (χ1v) is 10.5. The fraction of sp³-hybridized carbons (Fsp3) is 0.316. The van der Waals surface area contributed by atoms with Crippen LogP contribution >= 0.6 is 24.0 Å². The molecule has 28 heavy (non-hydrogen) atoms. The Kier molecular flexibility index (Phi) is 9.80. The molecule has 2 rings (SSSR count). The molecule has 5 nitrogen and oxygen atoms in total. The lowest BCUT2D eigenvalue weighted by molar-refractivity contribution is 0.599. The molecule has 0 saturated carbocycles. The van der Waals surface area contributed by atoms with Crippen LogP contribution in [0.2, 0.25) is 0 Å². The molecule has 0 aliphatic rings. The molecule has 0 spiro atoms. The number of benzene rings is 2. The van der Waals surface area contributed by atoms with Crippen LogP contribution < -0.4 is 10.6 Å². The maximum absolute atomic E-state index is 13.6. The van der Waals surface area contributed by atoms with Gasteiger partial charge in [0.1, 0.15) is 11.6 Å². The maximum Gasteiger partial charge on any atom is 0.191 e. The highest BCUT2D eigenvalue weighted by molar-refractivity contribution is 14.0. The van der Waals surface area contributed by atoms with Gasteiger partial charge >= 0.3 is 0 Å². The fourth-order valence-corrected chi connectivity index (χ4v) is 3.45. The largest absolute Gasteiger partial charge is 0.356 e. The first kappa shape index (κ1) is 24.3. The Bertz CT molecular complexity index is 921. The van der Waals surface area contributed by atoms with E-state index in [1.165, 1.54) is 30.3 Å². The first-order valence-electron chi connectivity index (χ1n) is 8.41. The zero-order valence-electron chi connectivity index (χ0n) is 15.7. The fourth-order valence-electron chi connectivity index (χ4n) is 2.60. The van der Waals surface area contributed by atoms with Crippen molar-refractivity contribution >= 4 is 39.8 Å². The molecule has 2 aromatic carbocycles. The number of halogens is 3. The van der Waals surface area contributed by atoms with Gasteiger partial charge in [-0.15, -0.1) is 24.0 Å². The number of rotatable bonds is 7. The third kappa shape index (κ3) is 8.51. The van der Waals surface area contributed by atoms with Crippen LogP contribution in [0.3, 0.4) is 0 Å². The second-order valence-corrected chi connectivity index (χ2v) is 8.36. The van der Waals surface area contributed by atoms with Crippen LogP contribution in [-0.2, 0) is 28.6 Å². The van der Waals surface area contributed by atoms with E-state index < -0.39 is 15.7 Å². The van der Waals surface area contributed by atoms with Crippen molar-refractivity contribution in [3.05, 3.63) is 70.8 Å². The molecule has 154 valence electrons. The zero-order chi connectivity index (χ0) is 19.9. The smallest absolute Gasteiger partial charge is 0.191 e. The molecular formula is C19H24F2IN3O2S. The van der Waals surface area contributed by atoms with Crippen molar-refractivity contribution in [3.8, 4) is 0 Å². The summed E-state index contributed by atoms with van der Waals surface area (Å²) in [7, 11) is -1.63. The van der Waals surface area contributed by atoms with Gasteiger partial charge in [-0.05, 0) is 47.4 Å². The second kappa shape index (κ2) is 11.3. The van der Waals surface area contributed by atoms with E-state index in [1.54, 1.807) is 13.1 Å². The number of nitrogens with one attached hydrogen (secondary N) is 2. The van der Waals surface area contributed by atoms with E-state index in [-0.39, 0.29) is 42.1 Å². The Hall–Kier alpha value is -1.75. The number of aliphatic imine (C=N–C) groups is 1. The molecule has 0 aromatic heterocycles. The third-order valence-corrected chi connectivity index (χ3v) is 4.69. The monoisotopic (exact) mass is 523 g/mol. The lowest BCUT2D eigenvalue weighted by Crippen LogP contribution is -2.38. The summed E-state index contributed by atoms with van der Waals surface area (Å²) < 4.78 is 49.9.